The summed E-state index contributed by atoms with van der Waals surface area (Å²) < 4.78 is 46.3. The van der Waals surface area contributed by atoms with Crippen molar-refractivity contribution in [1.82, 2.24) is 10.6 Å². The van der Waals surface area contributed by atoms with E-state index in [0.29, 0.717) is 29.6 Å². The first-order chi connectivity index (χ1) is 14.4. The van der Waals surface area contributed by atoms with E-state index >= 15 is 0 Å². The summed E-state index contributed by atoms with van der Waals surface area (Å²) in [4.78, 5) is 4.16. The van der Waals surface area contributed by atoms with Gasteiger partial charge in [-0.1, -0.05) is 12.1 Å². The van der Waals surface area contributed by atoms with Crippen LogP contribution in [0.1, 0.15) is 25.0 Å². The predicted molar refractivity (Wildman–Crippen MR) is 124 cm³/mol. The number of rotatable bonds is 8. The Kier molecular flexibility index (Phi) is 9.41. The van der Waals surface area contributed by atoms with Gasteiger partial charge in [-0.15, -0.1) is 24.0 Å². The van der Waals surface area contributed by atoms with Crippen molar-refractivity contribution in [2.75, 3.05) is 13.8 Å². The van der Waals surface area contributed by atoms with Crippen molar-refractivity contribution in [2.24, 2.45) is 4.99 Å². The molecule has 170 valence electrons. The number of hydrogen-bond donors (Lipinski definition) is 2. The largest absolute Gasteiger partial charge is 0.491 e. The Morgan fingerprint density at radius 1 is 1.03 bits per heavy atom. The van der Waals surface area contributed by atoms with Crippen LogP contribution < -0.4 is 29.6 Å². The molecule has 0 bridgehead atoms. The van der Waals surface area contributed by atoms with Crippen LogP contribution in [-0.4, -0.2) is 32.5 Å². The van der Waals surface area contributed by atoms with Crippen LogP contribution in [0, 0.1) is 0 Å². The number of hydrogen-bond acceptors (Lipinski definition) is 5. The molecule has 31 heavy (non-hydrogen) atoms. The summed E-state index contributed by atoms with van der Waals surface area (Å²) in [6.45, 7) is 1.79. The molecule has 7 nitrogen and oxygen atoms in total. The minimum absolute atomic E-state index is 0. The van der Waals surface area contributed by atoms with Gasteiger partial charge in [0.15, 0.2) is 17.5 Å². The van der Waals surface area contributed by atoms with E-state index in [1.54, 1.807) is 13.1 Å². The first-order valence-corrected chi connectivity index (χ1v) is 9.52. The van der Waals surface area contributed by atoms with Crippen LogP contribution in [0.25, 0.3) is 0 Å². The van der Waals surface area contributed by atoms with E-state index < -0.39 is 6.61 Å². The Labute approximate surface area is 197 Å². The average Bonchev–Trinajstić information content (AvgIpc) is 3.15. The third-order valence-corrected chi connectivity index (χ3v) is 4.20. The maximum atomic E-state index is 12.8. The Morgan fingerprint density at radius 2 is 1.68 bits per heavy atom. The number of nitrogens with one attached hydrogen (secondary N) is 2. The molecular formula is C21H26F2IN3O4. The Morgan fingerprint density at radius 3 is 2.29 bits per heavy atom. The molecule has 0 spiro atoms. The van der Waals surface area contributed by atoms with Gasteiger partial charge >= 0.3 is 6.61 Å². The van der Waals surface area contributed by atoms with E-state index in [2.05, 4.69) is 20.4 Å². The van der Waals surface area contributed by atoms with E-state index in [0.717, 1.165) is 11.3 Å². The molecule has 2 aromatic rings. The molecular weight excluding hydrogens is 523 g/mol. The minimum Gasteiger partial charge on any atom is -0.491 e. The number of halogens is 3. The van der Waals surface area contributed by atoms with Crippen LogP contribution in [0.3, 0.4) is 0 Å². The number of nitrogens with zero attached hydrogens (tertiary/aromatic N) is 1. The fourth-order valence-corrected chi connectivity index (χ4v) is 2.85. The van der Waals surface area contributed by atoms with Gasteiger partial charge in [0.25, 0.3) is 0 Å². The lowest BCUT2D eigenvalue weighted by Crippen LogP contribution is -2.36. The van der Waals surface area contributed by atoms with E-state index in [-0.39, 0.29) is 49.2 Å². The van der Waals surface area contributed by atoms with Gasteiger partial charge in [-0.05, 0) is 37.6 Å². The number of benzene rings is 2. The molecule has 1 aliphatic heterocycles. The lowest BCUT2D eigenvalue weighted by Gasteiger charge is -2.15. The number of alkyl halides is 2. The molecule has 0 fully saturated rings. The average molecular weight is 549 g/mol. The zero-order valence-corrected chi connectivity index (χ0v) is 19.8. The summed E-state index contributed by atoms with van der Waals surface area (Å²) >= 11 is 0. The molecule has 0 saturated heterocycles. The van der Waals surface area contributed by atoms with Crippen molar-refractivity contribution in [3.8, 4) is 23.0 Å². The first kappa shape index (κ1) is 24.8. The zero-order chi connectivity index (χ0) is 21.5. The van der Waals surface area contributed by atoms with Crippen LogP contribution in [0.5, 0.6) is 23.0 Å². The van der Waals surface area contributed by atoms with Gasteiger partial charge in [0.2, 0.25) is 6.79 Å². The van der Waals surface area contributed by atoms with Gasteiger partial charge in [-0.3, -0.25) is 4.99 Å². The van der Waals surface area contributed by atoms with Crippen LogP contribution >= 0.6 is 24.0 Å². The molecule has 1 heterocycles. The van der Waals surface area contributed by atoms with Crippen LogP contribution in [0.4, 0.5) is 8.78 Å². The molecule has 0 aromatic heterocycles. The van der Waals surface area contributed by atoms with Gasteiger partial charge < -0.3 is 29.6 Å². The second-order valence-corrected chi connectivity index (χ2v) is 6.78. The molecule has 0 aliphatic carbocycles. The van der Waals surface area contributed by atoms with Crippen LogP contribution in [-0.2, 0) is 13.1 Å². The van der Waals surface area contributed by atoms with Crippen LogP contribution in [0.15, 0.2) is 41.4 Å². The third kappa shape index (κ3) is 7.30. The second-order valence-electron chi connectivity index (χ2n) is 6.78. The summed E-state index contributed by atoms with van der Waals surface area (Å²) in [5.74, 6) is 2.21. The molecule has 0 radical (unpaired) electrons. The fraction of sp³-hybridized carbons (Fsp3) is 0.381. The lowest BCUT2D eigenvalue weighted by molar-refractivity contribution is -0.0505. The van der Waals surface area contributed by atoms with Gasteiger partial charge in [-0.25, -0.2) is 0 Å². The molecule has 0 unspecified atom stereocenters. The maximum Gasteiger partial charge on any atom is 0.387 e. The number of ether oxygens (including phenoxy) is 4. The predicted octanol–water partition coefficient (Wildman–Crippen LogP) is 4.29. The summed E-state index contributed by atoms with van der Waals surface area (Å²) in [6.07, 6.45) is 0.118. The summed E-state index contributed by atoms with van der Waals surface area (Å²) in [5, 5.41) is 6.27. The molecule has 3 rings (SSSR count). The number of aliphatic imine (C=N–C) groups is 1. The second kappa shape index (κ2) is 11.8. The van der Waals surface area contributed by atoms with Gasteiger partial charge in [0, 0.05) is 31.8 Å². The molecule has 2 aromatic carbocycles. The van der Waals surface area contributed by atoms with Gasteiger partial charge in [0.05, 0.1) is 6.10 Å². The highest BCUT2D eigenvalue weighted by molar-refractivity contribution is 14.0. The SMILES string of the molecule is CN=C(NCc1ccc(OC(C)C)cc1)NCc1cc2c(cc1OC(F)F)OCO2.I. The summed E-state index contributed by atoms with van der Waals surface area (Å²) in [6, 6.07) is 10.8. The minimum atomic E-state index is -2.94. The van der Waals surface area contributed by atoms with E-state index in [9.17, 15) is 8.78 Å². The third-order valence-electron chi connectivity index (χ3n) is 4.20. The smallest absolute Gasteiger partial charge is 0.387 e. The van der Waals surface area contributed by atoms with Crippen molar-refractivity contribution >= 4 is 29.9 Å². The topological polar surface area (TPSA) is 73.3 Å². The van der Waals surface area contributed by atoms with Gasteiger partial charge in [0.1, 0.15) is 11.5 Å². The molecule has 0 amide bonds. The van der Waals surface area contributed by atoms with Crippen molar-refractivity contribution < 1.29 is 27.7 Å². The monoisotopic (exact) mass is 549 g/mol. The Hall–Kier alpha value is -2.50. The zero-order valence-electron chi connectivity index (χ0n) is 17.5. The van der Waals surface area contributed by atoms with Crippen molar-refractivity contribution in [3.63, 3.8) is 0 Å². The van der Waals surface area contributed by atoms with Crippen molar-refractivity contribution in [3.05, 3.63) is 47.5 Å². The molecule has 10 heteroatoms. The lowest BCUT2D eigenvalue weighted by atomic mass is 10.1. The van der Waals surface area contributed by atoms with Crippen molar-refractivity contribution in [2.45, 2.75) is 39.7 Å². The van der Waals surface area contributed by atoms with E-state index in [4.69, 9.17) is 14.2 Å². The normalized spacial score (nSPS) is 12.5. The van der Waals surface area contributed by atoms with Gasteiger partial charge in [-0.2, -0.15) is 8.78 Å². The fourth-order valence-electron chi connectivity index (χ4n) is 2.85. The van der Waals surface area contributed by atoms with E-state index in [1.807, 2.05) is 38.1 Å². The molecule has 0 saturated carbocycles. The highest BCUT2D eigenvalue weighted by Crippen LogP contribution is 2.38. The number of guanidine groups is 1. The highest BCUT2D eigenvalue weighted by Gasteiger charge is 2.20. The maximum absolute atomic E-state index is 12.8. The molecule has 2 N–H and O–H groups in total. The summed E-state index contributed by atoms with van der Waals surface area (Å²) in [7, 11) is 1.63. The summed E-state index contributed by atoms with van der Waals surface area (Å²) in [5.41, 5.74) is 1.54. The van der Waals surface area contributed by atoms with E-state index in [1.165, 1.54) is 6.07 Å². The standard InChI is InChI=1S/C21H25F2N3O4.HI/c1-13(2)29-16-6-4-14(5-7-16)10-25-21(24-3)26-11-15-8-18-19(28-12-27-18)9-17(15)30-20(22)23;/h4-9,13,20H,10-12H2,1-3H3,(H2,24,25,26);1H. The highest BCUT2D eigenvalue weighted by atomic mass is 127. The molecule has 1 aliphatic rings. The first-order valence-electron chi connectivity index (χ1n) is 9.52. The van der Waals surface area contributed by atoms with Crippen LogP contribution in [0.2, 0.25) is 0 Å². The molecule has 0 atom stereocenters. The Balaban J connectivity index is 0.00000341. The van der Waals surface area contributed by atoms with Crippen molar-refractivity contribution in [1.29, 1.82) is 0 Å². The Bertz CT molecular complexity index is 880. The number of fused-ring (bicyclic) bond motifs is 1. The quantitative estimate of drug-likeness (QED) is 0.291.